The number of benzene rings is 2. The minimum atomic E-state index is -0.826. The van der Waals surface area contributed by atoms with E-state index in [1.54, 1.807) is 24.3 Å². The van der Waals surface area contributed by atoms with Crippen LogP contribution in [0.25, 0.3) is 0 Å². The summed E-state index contributed by atoms with van der Waals surface area (Å²) in [6.07, 6.45) is -0.577. The van der Waals surface area contributed by atoms with Crippen LogP contribution in [0.3, 0.4) is 0 Å². The van der Waals surface area contributed by atoms with Crippen molar-refractivity contribution in [2.75, 3.05) is 26.6 Å². The van der Waals surface area contributed by atoms with Gasteiger partial charge in [0.15, 0.2) is 11.5 Å². The Morgan fingerprint density at radius 1 is 1.18 bits per heavy atom. The number of carbonyl (C=O) groups is 1. The highest BCUT2D eigenvalue weighted by Crippen LogP contribution is 2.39. The van der Waals surface area contributed by atoms with Gasteiger partial charge in [-0.25, -0.2) is 0 Å². The van der Waals surface area contributed by atoms with Gasteiger partial charge in [-0.15, -0.1) is 0 Å². The Balaban J connectivity index is 1.76. The van der Waals surface area contributed by atoms with Crippen LogP contribution in [-0.4, -0.2) is 44.2 Å². The van der Waals surface area contributed by atoms with Crippen LogP contribution in [0.5, 0.6) is 23.0 Å². The molecule has 1 atom stereocenters. The molecule has 1 aliphatic rings. The van der Waals surface area contributed by atoms with Crippen LogP contribution in [0, 0.1) is 0 Å². The zero-order valence-electron chi connectivity index (χ0n) is 15.5. The number of phenolic OH excluding ortho intramolecular Hbond substituents is 1. The molecule has 0 spiro atoms. The summed E-state index contributed by atoms with van der Waals surface area (Å²) in [6.45, 7) is 0. The SMILES string of the molecule is COc1cc(C2=NOC(C(=O)Nc3cc(Br)ccc3O)C2)cc(OC)c1OC. The van der Waals surface area contributed by atoms with Crippen LogP contribution in [0.15, 0.2) is 40.0 Å². The fraction of sp³-hybridized carbons (Fsp3) is 0.263. The van der Waals surface area contributed by atoms with Crippen LogP contribution in [0.1, 0.15) is 12.0 Å². The molecule has 3 rings (SSSR count). The van der Waals surface area contributed by atoms with Crippen LogP contribution in [0.4, 0.5) is 5.69 Å². The summed E-state index contributed by atoms with van der Waals surface area (Å²) in [5.74, 6) is 0.964. The van der Waals surface area contributed by atoms with E-state index in [1.165, 1.54) is 27.4 Å². The van der Waals surface area contributed by atoms with Crippen molar-refractivity contribution in [1.29, 1.82) is 0 Å². The summed E-state index contributed by atoms with van der Waals surface area (Å²) >= 11 is 3.30. The second-order valence-electron chi connectivity index (χ2n) is 5.90. The van der Waals surface area contributed by atoms with Gasteiger partial charge in [0.2, 0.25) is 11.9 Å². The smallest absolute Gasteiger partial charge is 0.268 e. The van der Waals surface area contributed by atoms with Gasteiger partial charge in [0.25, 0.3) is 5.91 Å². The molecule has 0 saturated carbocycles. The lowest BCUT2D eigenvalue weighted by Gasteiger charge is -2.14. The van der Waals surface area contributed by atoms with Gasteiger partial charge in [0.1, 0.15) is 5.75 Å². The molecule has 0 saturated heterocycles. The van der Waals surface area contributed by atoms with Crippen LogP contribution >= 0.6 is 15.9 Å². The zero-order valence-corrected chi connectivity index (χ0v) is 17.1. The minimum Gasteiger partial charge on any atom is -0.506 e. The molecular formula is C19H19BrN2O6. The van der Waals surface area contributed by atoms with Crippen LogP contribution < -0.4 is 19.5 Å². The molecule has 148 valence electrons. The Kier molecular flexibility index (Phi) is 5.93. The number of amides is 1. The maximum absolute atomic E-state index is 12.5. The van der Waals surface area contributed by atoms with Gasteiger partial charge in [-0.1, -0.05) is 21.1 Å². The van der Waals surface area contributed by atoms with Crippen molar-refractivity contribution in [2.24, 2.45) is 5.16 Å². The molecule has 28 heavy (non-hydrogen) atoms. The van der Waals surface area contributed by atoms with E-state index in [0.717, 1.165) is 4.47 Å². The standard InChI is InChI=1S/C19H19BrN2O6/c1-25-15-6-10(7-16(26-2)18(15)27-3)12-9-17(28-22-12)19(24)21-13-8-11(20)4-5-14(13)23/h4-8,17,23H,9H2,1-3H3,(H,21,24). The maximum Gasteiger partial charge on any atom is 0.268 e. The number of phenols is 1. The van der Waals surface area contributed by atoms with Crippen molar-refractivity contribution in [1.82, 2.24) is 0 Å². The van der Waals surface area contributed by atoms with E-state index in [1.807, 2.05) is 0 Å². The number of oxime groups is 1. The van der Waals surface area contributed by atoms with Gasteiger partial charge < -0.3 is 29.5 Å². The van der Waals surface area contributed by atoms with Crippen molar-refractivity contribution in [3.63, 3.8) is 0 Å². The number of nitrogens with zero attached hydrogens (tertiary/aromatic N) is 1. The maximum atomic E-state index is 12.5. The topological polar surface area (TPSA) is 98.6 Å². The van der Waals surface area contributed by atoms with Gasteiger partial charge in [-0.05, 0) is 30.3 Å². The molecule has 1 unspecified atom stereocenters. The van der Waals surface area contributed by atoms with E-state index in [4.69, 9.17) is 19.0 Å². The van der Waals surface area contributed by atoms with Crippen LogP contribution in [0.2, 0.25) is 0 Å². The molecule has 2 aromatic rings. The fourth-order valence-electron chi connectivity index (χ4n) is 2.76. The molecule has 1 heterocycles. The van der Waals surface area contributed by atoms with E-state index >= 15 is 0 Å². The Bertz CT molecular complexity index is 906. The number of anilines is 1. The molecule has 2 aromatic carbocycles. The van der Waals surface area contributed by atoms with E-state index in [9.17, 15) is 9.90 Å². The number of rotatable bonds is 6. The third kappa shape index (κ3) is 3.99. The summed E-state index contributed by atoms with van der Waals surface area (Å²) in [6, 6.07) is 8.23. The lowest BCUT2D eigenvalue weighted by atomic mass is 10.0. The molecule has 0 radical (unpaired) electrons. The van der Waals surface area contributed by atoms with E-state index in [-0.39, 0.29) is 17.9 Å². The second kappa shape index (κ2) is 8.39. The second-order valence-corrected chi connectivity index (χ2v) is 6.82. The molecule has 0 bridgehead atoms. The van der Waals surface area contributed by atoms with Gasteiger partial charge in [-0.3, -0.25) is 4.79 Å². The fourth-order valence-corrected chi connectivity index (χ4v) is 3.12. The minimum absolute atomic E-state index is 0.0414. The number of nitrogens with one attached hydrogen (secondary N) is 1. The lowest BCUT2D eigenvalue weighted by molar-refractivity contribution is -0.125. The predicted octanol–water partition coefficient (Wildman–Crippen LogP) is 3.31. The number of hydrogen-bond acceptors (Lipinski definition) is 7. The molecule has 0 aromatic heterocycles. The molecule has 1 amide bonds. The first-order valence-electron chi connectivity index (χ1n) is 8.29. The average molecular weight is 451 g/mol. The highest BCUT2D eigenvalue weighted by molar-refractivity contribution is 9.10. The van der Waals surface area contributed by atoms with Gasteiger partial charge in [-0.2, -0.15) is 0 Å². The Labute approximate surface area is 170 Å². The first-order valence-corrected chi connectivity index (χ1v) is 9.08. The Hall–Kier alpha value is -2.94. The summed E-state index contributed by atoms with van der Waals surface area (Å²) in [4.78, 5) is 17.8. The summed E-state index contributed by atoms with van der Waals surface area (Å²) in [7, 11) is 4.57. The number of hydrogen-bond donors (Lipinski definition) is 2. The first-order chi connectivity index (χ1) is 13.5. The van der Waals surface area contributed by atoms with E-state index in [2.05, 4.69) is 26.4 Å². The third-order valence-electron chi connectivity index (χ3n) is 4.18. The summed E-state index contributed by atoms with van der Waals surface area (Å²) < 4.78 is 16.7. The molecule has 0 fully saturated rings. The Morgan fingerprint density at radius 3 is 2.46 bits per heavy atom. The van der Waals surface area contributed by atoms with Gasteiger partial charge in [0, 0.05) is 16.5 Å². The third-order valence-corrected chi connectivity index (χ3v) is 4.67. The number of halogens is 1. The molecular weight excluding hydrogens is 432 g/mol. The van der Waals surface area contributed by atoms with Crippen molar-refractivity contribution >= 4 is 33.2 Å². The van der Waals surface area contributed by atoms with Crippen LogP contribution in [-0.2, 0) is 9.63 Å². The quantitative estimate of drug-likeness (QED) is 0.654. The van der Waals surface area contributed by atoms with Crippen molar-refractivity contribution in [2.45, 2.75) is 12.5 Å². The summed E-state index contributed by atoms with van der Waals surface area (Å²) in [5, 5.41) is 16.5. The first kappa shape index (κ1) is 19.8. The summed E-state index contributed by atoms with van der Waals surface area (Å²) in [5.41, 5.74) is 1.54. The molecule has 1 aliphatic heterocycles. The van der Waals surface area contributed by atoms with Gasteiger partial charge in [0.05, 0.1) is 32.7 Å². The zero-order chi connectivity index (χ0) is 20.3. The average Bonchev–Trinajstić information content (AvgIpc) is 3.20. The molecule has 8 nitrogen and oxygen atoms in total. The molecule has 0 aliphatic carbocycles. The van der Waals surface area contributed by atoms with E-state index < -0.39 is 12.0 Å². The number of aromatic hydroxyl groups is 1. The van der Waals surface area contributed by atoms with Crippen molar-refractivity contribution < 1.29 is 28.9 Å². The number of methoxy groups -OCH3 is 3. The highest BCUT2D eigenvalue weighted by Gasteiger charge is 2.30. The Morgan fingerprint density at radius 2 is 1.86 bits per heavy atom. The molecule has 2 N–H and O–H groups in total. The highest BCUT2D eigenvalue weighted by atomic mass is 79.9. The van der Waals surface area contributed by atoms with Crippen molar-refractivity contribution in [3.05, 3.63) is 40.4 Å². The molecule has 9 heteroatoms. The largest absolute Gasteiger partial charge is 0.506 e. The van der Waals surface area contributed by atoms with Crippen molar-refractivity contribution in [3.8, 4) is 23.0 Å². The predicted molar refractivity (Wildman–Crippen MR) is 107 cm³/mol. The van der Waals surface area contributed by atoms with E-state index in [0.29, 0.717) is 28.5 Å². The number of ether oxygens (including phenoxy) is 3. The number of carbonyl (C=O) groups excluding carboxylic acids is 1. The normalized spacial score (nSPS) is 15.4. The monoisotopic (exact) mass is 450 g/mol. The lowest BCUT2D eigenvalue weighted by Crippen LogP contribution is -2.28. The van der Waals surface area contributed by atoms with Gasteiger partial charge >= 0.3 is 0 Å².